The van der Waals surface area contributed by atoms with Crippen molar-refractivity contribution in [1.29, 1.82) is 0 Å². The first-order chi connectivity index (χ1) is 12.8. The Labute approximate surface area is 167 Å². The van der Waals surface area contributed by atoms with Crippen LogP contribution in [0.2, 0.25) is 0 Å². The van der Waals surface area contributed by atoms with Gasteiger partial charge in [0.1, 0.15) is 0 Å². The monoisotopic (exact) mass is 424 g/mol. The minimum absolute atomic E-state index is 0.369. The van der Waals surface area contributed by atoms with Crippen LogP contribution in [0.25, 0.3) is 0 Å². The number of rotatable bonds is 5. The van der Waals surface area contributed by atoms with Crippen LogP contribution in [-0.2, 0) is 11.3 Å². The minimum Gasteiger partial charge on any atom is -0.340 e. The van der Waals surface area contributed by atoms with Gasteiger partial charge in [-0.3, -0.25) is 9.59 Å². The van der Waals surface area contributed by atoms with Crippen molar-refractivity contribution >= 4 is 33.3 Å². The molecule has 0 fully saturated rings. The number of aryl methyl sites for hydroxylation is 3. The van der Waals surface area contributed by atoms with E-state index in [0.29, 0.717) is 17.9 Å². The molecular formula is C22H21BrN2O2. The average molecular weight is 425 g/mol. The van der Waals surface area contributed by atoms with Gasteiger partial charge in [0, 0.05) is 17.2 Å². The van der Waals surface area contributed by atoms with Gasteiger partial charge in [-0.15, -0.1) is 0 Å². The summed E-state index contributed by atoms with van der Waals surface area (Å²) in [6.07, 6.45) is 1.82. The van der Waals surface area contributed by atoms with E-state index in [0.717, 1.165) is 15.6 Å². The molecule has 5 heteroatoms. The summed E-state index contributed by atoms with van der Waals surface area (Å²) in [6.45, 7) is 6.63. The highest BCUT2D eigenvalue weighted by Gasteiger charge is 2.20. The first-order valence-corrected chi connectivity index (χ1v) is 9.47. The summed E-state index contributed by atoms with van der Waals surface area (Å²) in [5.41, 5.74) is 5.53. The van der Waals surface area contributed by atoms with Crippen LogP contribution in [0.4, 0.5) is 5.69 Å². The van der Waals surface area contributed by atoms with Crippen LogP contribution in [0.1, 0.15) is 32.7 Å². The molecule has 0 saturated carbocycles. The summed E-state index contributed by atoms with van der Waals surface area (Å²) in [5, 5.41) is 2.68. The highest BCUT2D eigenvalue weighted by atomic mass is 79.9. The standard InChI is InChI=1S/C22H21BrN2O2/c1-14-6-9-19(18(23)11-14)24-22(27)21(26)20-5-4-10-25(20)13-17-8-7-15(2)16(3)12-17/h4-12H,13H2,1-3H3,(H,24,27). The van der Waals surface area contributed by atoms with Gasteiger partial charge in [-0.2, -0.15) is 0 Å². The molecule has 0 unspecified atom stereocenters. The maximum absolute atomic E-state index is 12.7. The minimum atomic E-state index is -0.653. The van der Waals surface area contributed by atoms with Crippen molar-refractivity contribution in [3.8, 4) is 0 Å². The third kappa shape index (κ3) is 4.37. The third-order valence-electron chi connectivity index (χ3n) is 4.57. The molecule has 0 aliphatic rings. The zero-order valence-electron chi connectivity index (χ0n) is 15.5. The van der Waals surface area contributed by atoms with Gasteiger partial charge in [0.25, 0.3) is 11.7 Å². The topological polar surface area (TPSA) is 51.1 Å². The smallest absolute Gasteiger partial charge is 0.298 e. The van der Waals surface area contributed by atoms with E-state index >= 15 is 0 Å². The van der Waals surface area contributed by atoms with E-state index < -0.39 is 11.7 Å². The number of hydrogen-bond acceptors (Lipinski definition) is 2. The fraction of sp³-hybridized carbons (Fsp3) is 0.182. The first kappa shape index (κ1) is 19.1. The third-order valence-corrected chi connectivity index (χ3v) is 5.22. The van der Waals surface area contributed by atoms with Crippen LogP contribution < -0.4 is 5.32 Å². The highest BCUT2D eigenvalue weighted by Crippen LogP contribution is 2.23. The normalized spacial score (nSPS) is 10.7. The van der Waals surface area contributed by atoms with Crippen molar-refractivity contribution in [3.63, 3.8) is 0 Å². The average Bonchev–Trinajstić information content (AvgIpc) is 3.08. The molecule has 1 amide bonds. The van der Waals surface area contributed by atoms with E-state index in [4.69, 9.17) is 0 Å². The number of nitrogens with one attached hydrogen (secondary N) is 1. The maximum atomic E-state index is 12.7. The van der Waals surface area contributed by atoms with Crippen molar-refractivity contribution in [2.45, 2.75) is 27.3 Å². The number of amides is 1. The van der Waals surface area contributed by atoms with E-state index in [1.807, 2.05) is 31.3 Å². The number of halogens is 1. The van der Waals surface area contributed by atoms with Crippen LogP contribution in [0, 0.1) is 20.8 Å². The van der Waals surface area contributed by atoms with Crippen LogP contribution in [0.5, 0.6) is 0 Å². The molecule has 0 atom stereocenters. The number of Topliss-reactive ketones (excluding diaryl/α,β-unsaturated/α-hetero) is 1. The second-order valence-corrected chi connectivity index (χ2v) is 7.56. The largest absolute Gasteiger partial charge is 0.340 e. The summed E-state index contributed by atoms with van der Waals surface area (Å²) < 4.78 is 2.55. The predicted octanol–water partition coefficient (Wildman–Crippen LogP) is 5.05. The van der Waals surface area contributed by atoms with Gasteiger partial charge in [-0.25, -0.2) is 0 Å². The lowest BCUT2D eigenvalue weighted by molar-refractivity contribution is -0.112. The lowest BCUT2D eigenvalue weighted by atomic mass is 10.1. The van der Waals surface area contributed by atoms with Crippen LogP contribution in [-0.4, -0.2) is 16.3 Å². The van der Waals surface area contributed by atoms with E-state index in [1.54, 1.807) is 22.8 Å². The molecule has 0 aliphatic carbocycles. The fourth-order valence-electron chi connectivity index (χ4n) is 2.87. The number of carbonyl (C=O) groups excluding carboxylic acids is 2. The summed E-state index contributed by atoms with van der Waals surface area (Å²) in [5.74, 6) is -1.21. The molecule has 27 heavy (non-hydrogen) atoms. The van der Waals surface area contributed by atoms with Gasteiger partial charge >= 0.3 is 0 Å². The molecule has 1 aromatic heterocycles. The molecule has 0 radical (unpaired) electrons. The zero-order chi connectivity index (χ0) is 19.6. The molecule has 138 valence electrons. The van der Waals surface area contributed by atoms with Crippen LogP contribution in [0.15, 0.2) is 59.2 Å². The van der Waals surface area contributed by atoms with Gasteiger partial charge in [0.15, 0.2) is 0 Å². The lowest BCUT2D eigenvalue weighted by Crippen LogP contribution is -2.25. The van der Waals surface area contributed by atoms with Gasteiger partial charge in [0.05, 0.1) is 11.4 Å². The number of aromatic nitrogens is 1. The Kier molecular flexibility index (Phi) is 5.61. The van der Waals surface area contributed by atoms with Crippen molar-refractivity contribution in [1.82, 2.24) is 4.57 Å². The molecule has 0 bridgehead atoms. The number of carbonyl (C=O) groups is 2. The van der Waals surface area contributed by atoms with Crippen molar-refractivity contribution in [2.24, 2.45) is 0 Å². The molecule has 1 N–H and O–H groups in total. The van der Waals surface area contributed by atoms with E-state index in [1.165, 1.54) is 11.1 Å². The quantitative estimate of drug-likeness (QED) is 0.460. The number of hydrogen-bond donors (Lipinski definition) is 1. The second kappa shape index (κ2) is 7.92. The zero-order valence-corrected chi connectivity index (χ0v) is 17.1. The Hall–Kier alpha value is -2.66. The summed E-state index contributed by atoms with van der Waals surface area (Å²) >= 11 is 3.41. The highest BCUT2D eigenvalue weighted by molar-refractivity contribution is 9.10. The van der Waals surface area contributed by atoms with E-state index in [-0.39, 0.29) is 0 Å². The Morgan fingerprint density at radius 2 is 1.78 bits per heavy atom. The van der Waals surface area contributed by atoms with Gasteiger partial charge in [-0.1, -0.05) is 24.3 Å². The van der Waals surface area contributed by atoms with Gasteiger partial charge in [0.2, 0.25) is 0 Å². The van der Waals surface area contributed by atoms with E-state index in [2.05, 4.69) is 47.2 Å². The molecule has 2 aromatic carbocycles. The number of nitrogens with zero attached hydrogens (tertiary/aromatic N) is 1. The van der Waals surface area contributed by atoms with Crippen LogP contribution >= 0.6 is 15.9 Å². The Balaban J connectivity index is 1.78. The lowest BCUT2D eigenvalue weighted by Gasteiger charge is -2.11. The first-order valence-electron chi connectivity index (χ1n) is 8.68. The number of ketones is 1. The molecule has 4 nitrogen and oxygen atoms in total. The number of benzene rings is 2. The summed E-state index contributed by atoms with van der Waals surface area (Å²) in [4.78, 5) is 25.1. The molecule has 3 aromatic rings. The van der Waals surface area contributed by atoms with E-state index in [9.17, 15) is 9.59 Å². The maximum Gasteiger partial charge on any atom is 0.298 e. The Morgan fingerprint density at radius 3 is 2.48 bits per heavy atom. The van der Waals surface area contributed by atoms with Crippen molar-refractivity contribution < 1.29 is 9.59 Å². The SMILES string of the molecule is Cc1ccc(NC(=O)C(=O)c2cccn2Cc2ccc(C)c(C)c2)c(Br)c1. The molecule has 0 spiro atoms. The summed E-state index contributed by atoms with van der Waals surface area (Å²) in [7, 11) is 0. The molecule has 0 aliphatic heterocycles. The molecule has 0 saturated heterocycles. The van der Waals surface area contributed by atoms with Crippen LogP contribution in [0.3, 0.4) is 0 Å². The van der Waals surface area contributed by atoms with Crippen molar-refractivity contribution in [3.05, 3.63) is 87.1 Å². The second-order valence-electron chi connectivity index (χ2n) is 6.71. The van der Waals surface area contributed by atoms with Gasteiger partial charge in [-0.05, 0) is 83.2 Å². The molecule has 1 heterocycles. The Morgan fingerprint density at radius 1 is 1.00 bits per heavy atom. The van der Waals surface area contributed by atoms with Crippen molar-refractivity contribution in [2.75, 3.05) is 5.32 Å². The Bertz CT molecular complexity index is 1020. The predicted molar refractivity (Wildman–Crippen MR) is 111 cm³/mol. The summed E-state index contributed by atoms with van der Waals surface area (Å²) in [6, 6.07) is 15.2. The molecular weight excluding hydrogens is 404 g/mol. The number of anilines is 1. The molecule has 3 rings (SSSR count). The fourth-order valence-corrected chi connectivity index (χ4v) is 3.47. The van der Waals surface area contributed by atoms with Gasteiger partial charge < -0.3 is 9.88 Å².